The van der Waals surface area contributed by atoms with Crippen LogP contribution in [0, 0.1) is 29.6 Å². The van der Waals surface area contributed by atoms with E-state index >= 15 is 0 Å². The minimum atomic E-state index is -0.819. The highest BCUT2D eigenvalue weighted by atomic mass is 16.5. The lowest BCUT2D eigenvalue weighted by atomic mass is 9.78. The van der Waals surface area contributed by atoms with Gasteiger partial charge in [-0.1, -0.05) is 46.3 Å². The van der Waals surface area contributed by atoms with Gasteiger partial charge in [-0.3, -0.25) is 14.4 Å². The van der Waals surface area contributed by atoms with E-state index in [4.69, 9.17) is 9.47 Å². The molecule has 1 amide bonds. The average Bonchev–Trinajstić information content (AvgIpc) is 2.95. The second-order valence-electron chi connectivity index (χ2n) is 13.6. The van der Waals surface area contributed by atoms with Gasteiger partial charge in [-0.25, -0.2) is 4.79 Å². The molecule has 1 saturated carbocycles. The highest BCUT2D eigenvalue weighted by Crippen LogP contribution is 2.34. The van der Waals surface area contributed by atoms with Crippen LogP contribution in [-0.2, 0) is 28.7 Å². The third kappa shape index (κ3) is 10.9. The SMILES string of the molecule is CO[C@@H]1C[C@H](C[C@@H](C)[C@H](CC(=O)[C@H](C)C=C(C)C)OC(=O)[C@@H]2CCCCN2C(=O)C(=O)CC[C@@H](C)C(C)C)CC[C@H]1O. The molecule has 0 bridgehead atoms. The van der Waals surface area contributed by atoms with Crippen LogP contribution in [0.1, 0.15) is 113 Å². The molecule has 0 aromatic heterocycles. The summed E-state index contributed by atoms with van der Waals surface area (Å²) in [5.41, 5.74) is 1.05. The molecular weight excluding hydrogens is 534 g/mol. The Hall–Kier alpha value is -2.06. The normalized spacial score (nSPS) is 25.7. The second kappa shape index (κ2) is 17.3. The van der Waals surface area contributed by atoms with Crippen molar-refractivity contribution in [3.63, 3.8) is 0 Å². The molecular formula is C34H57NO7. The van der Waals surface area contributed by atoms with Crippen LogP contribution in [0.4, 0.5) is 0 Å². The van der Waals surface area contributed by atoms with Crippen molar-refractivity contribution in [3.8, 4) is 0 Å². The number of allylic oxidation sites excluding steroid dienone is 2. The number of rotatable bonds is 15. The number of Topliss-reactive ketones (excluding diaryl/α,β-unsaturated/α-hetero) is 2. The molecule has 42 heavy (non-hydrogen) atoms. The number of amides is 1. The van der Waals surface area contributed by atoms with Crippen molar-refractivity contribution < 1.29 is 33.8 Å². The Balaban J connectivity index is 2.18. The summed E-state index contributed by atoms with van der Waals surface area (Å²) in [6, 6.07) is -0.819. The number of nitrogens with zero attached hydrogens (tertiary/aromatic N) is 1. The number of hydrogen-bond donors (Lipinski definition) is 1. The average molecular weight is 592 g/mol. The van der Waals surface area contributed by atoms with Gasteiger partial charge in [0.15, 0.2) is 0 Å². The fraction of sp³-hybridized carbons (Fsp3) is 0.824. The van der Waals surface area contributed by atoms with E-state index in [0.29, 0.717) is 44.1 Å². The van der Waals surface area contributed by atoms with E-state index in [-0.39, 0.29) is 42.5 Å². The van der Waals surface area contributed by atoms with Gasteiger partial charge in [0.05, 0.1) is 12.2 Å². The Morgan fingerprint density at radius 3 is 2.29 bits per heavy atom. The topological polar surface area (TPSA) is 110 Å². The van der Waals surface area contributed by atoms with Crippen LogP contribution in [0.2, 0.25) is 0 Å². The predicted octanol–water partition coefficient (Wildman–Crippen LogP) is 5.68. The van der Waals surface area contributed by atoms with Crippen molar-refractivity contribution in [2.75, 3.05) is 13.7 Å². The minimum Gasteiger partial charge on any atom is -0.460 e. The minimum absolute atomic E-state index is 0.000659. The summed E-state index contributed by atoms with van der Waals surface area (Å²) in [5.74, 6) is -0.971. The quantitative estimate of drug-likeness (QED) is 0.148. The maximum Gasteiger partial charge on any atom is 0.329 e. The summed E-state index contributed by atoms with van der Waals surface area (Å²) in [6.45, 7) is 14.4. The molecule has 1 N–H and O–H groups in total. The summed E-state index contributed by atoms with van der Waals surface area (Å²) in [5, 5.41) is 10.2. The van der Waals surface area contributed by atoms with Gasteiger partial charge >= 0.3 is 5.97 Å². The third-order valence-electron chi connectivity index (χ3n) is 9.51. The second-order valence-corrected chi connectivity index (χ2v) is 13.6. The predicted molar refractivity (Wildman–Crippen MR) is 164 cm³/mol. The molecule has 1 saturated heterocycles. The van der Waals surface area contributed by atoms with E-state index in [1.165, 1.54) is 4.90 Å². The molecule has 8 heteroatoms. The van der Waals surface area contributed by atoms with Gasteiger partial charge in [0.25, 0.3) is 5.91 Å². The molecule has 0 aromatic rings. The number of aliphatic hydroxyl groups excluding tert-OH is 1. The summed E-state index contributed by atoms with van der Waals surface area (Å²) in [6.07, 6.45) is 6.36. The monoisotopic (exact) mass is 591 g/mol. The van der Waals surface area contributed by atoms with E-state index in [1.54, 1.807) is 7.11 Å². The number of ketones is 2. The fourth-order valence-corrected chi connectivity index (χ4v) is 6.28. The molecule has 1 aliphatic carbocycles. The van der Waals surface area contributed by atoms with Crippen LogP contribution in [0.15, 0.2) is 11.6 Å². The molecule has 1 heterocycles. The Bertz CT molecular complexity index is 940. The zero-order chi connectivity index (χ0) is 31.6. The molecule has 8 atom stereocenters. The standard InChI is InChI=1S/C34H57NO7/c1-21(2)17-24(6)30(38)20-31(25(7)18-26-13-15-28(36)32(19-26)41-8)42-34(40)27-11-9-10-16-35(27)33(39)29(37)14-12-23(5)22(3)4/h17,22-28,31-32,36H,9-16,18-20H2,1-8H3/t23-,24-,25-,26+,27+,28-,31+,32-/m1/s1. The van der Waals surface area contributed by atoms with Crippen LogP contribution in [0.3, 0.4) is 0 Å². The van der Waals surface area contributed by atoms with Crippen LogP contribution in [0.25, 0.3) is 0 Å². The molecule has 0 unspecified atom stereocenters. The van der Waals surface area contributed by atoms with E-state index in [1.807, 2.05) is 33.8 Å². The first-order valence-electron chi connectivity index (χ1n) is 16.2. The number of piperidine rings is 1. The first-order valence-corrected chi connectivity index (χ1v) is 16.2. The molecule has 0 aromatic carbocycles. The van der Waals surface area contributed by atoms with Gasteiger partial charge in [0.2, 0.25) is 5.78 Å². The Labute approximate surface area is 254 Å². The van der Waals surface area contributed by atoms with Crippen molar-refractivity contribution >= 4 is 23.4 Å². The maximum absolute atomic E-state index is 13.7. The molecule has 0 spiro atoms. The largest absolute Gasteiger partial charge is 0.460 e. The first kappa shape index (κ1) is 36.1. The summed E-state index contributed by atoms with van der Waals surface area (Å²) in [7, 11) is 1.61. The number of hydrogen-bond acceptors (Lipinski definition) is 7. The van der Waals surface area contributed by atoms with Crippen molar-refractivity contribution in [3.05, 3.63) is 11.6 Å². The van der Waals surface area contributed by atoms with Crippen molar-refractivity contribution in [2.45, 2.75) is 137 Å². The summed E-state index contributed by atoms with van der Waals surface area (Å²) >= 11 is 0. The number of carbonyl (C=O) groups excluding carboxylic acids is 4. The van der Waals surface area contributed by atoms with Gasteiger partial charge in [-0.15, -0.1) is 0 Å². The first-order chi connectivity index (χ1) is 19.7. The van der Waals surface area contributed by atoms with Gasteiger partial charge < -0.3 is 19.5 Å². The number of likely N-dealkylation sites (tertiary alicyclic amines) is 1. The van der Waals surface area contributed by atoms with E-state index < -0.39 is 35.9 Å². The lowest BCUT2D eigenvalue weighted by molar-refractivity contribution is -0.166. The Kier molecular flexibility index (Phi) is 14.9. The molecule has 2 aliphatic rings. The molecule has 240 valence electrons. The van der Waals surface area contributed by atoms with Crippen molar-refractivity contribution in [2.24, 2.45) is 29.6 Å². The number of ether oxygens (including phenoxy) is 2. The number of methoxy groups -OCH3 is 1. The number of carbonyl (C=O) groups is 4. The smallest absolute Gasteiger partial charge is 0.329 e. The number of aliphatic hydroxyl groups is 1. The van der Waals surface area contributed by atoms with E-state index in [2.05, 4.69) is 20.8 Å². The number of esters is 1. The lowest BCUT2D eigenvalue weighted by Gasteiger charge is -2.37. The van der Waals surface area contributed by atoms with Crippen molar-refractivity contribution in [1.29, 1.82) is 0 Å². The van der Waals surface area contributed by atoms with Gasteiger partial charge in [-0.05, 0) is 88.9 Å². The summed E-state index contributed by atoms with van der Waals surface area (Å²) in [4.78, 5) is 54.4. The van der Waals surface area contributed by atoms with Gasteiger partial charge in [-0.2, -0.15) is 0 Å². The van der Waals surface area contributed by atoms with Crippen molar-refractivity contribution in [1.82, 2.24) is 4.90 Å². The van der Waals surface area contributed by atoms with Gasteiger partial charge in [0, 0.05) is 32.4 Å². The summed E-state index contributed by atoms with van der Waals surface area (Å²) < 4.78 is 11.6. The fourth-order valence-electron chi connectivity index (χ4n) is 6.28. The Morgan fingerprint density at radius 1 is 0.976 bits per heavy atom. The highest BCUT2D eigenvalue weighted by Gasteiger charge is 2.39. The zero-order valence-corrected chi connectivity index (χ0v) is 27.4. The van der Waals surface area contributed by atoms with Gasteiger partial charge in [0.1, 0.15) is 17.9 Å². The van der Waals surface area contributed by atoms with Crippen LogP contribution >= 0.6 is 0 Å². The van der Waals surface area contributed by atoms with Crippen LogP contribution in [0.5, 0.6) is 0 Å². The van der Waals surface area contributed by atoms with E-state index in [0.717, 1.165) is 31.3 Å². The molecule has 0 radical (unpaired) electrons. The van der Waals surface area contributed by atoms with Crippen LogP contribution in [-0.4, -0.2) is 71.5 Å². The highest BCUT2D eigenvalue weighted by molar-refractivity contribution is 6.36. The Morgan fingerprint density at radius 2 is 1.67 bits per heavy atom. The van der Waals surface area contributed by atoms with E-state index in [9.17, 15) is 24.3 Å². The molecule has 2 fully saturated rings. The molecule has 2 rings (SSSR count). The van der Waals surface area contributed by atoms with Crippen LogP contribution < -0.4 is 0 Å². The lowest BCUT2D eigenvalue weighted by Crippen LogP contribution is -2.52. The zero-order valence-electron chi connectivity index (χ0n) is 27.4. The maximum atomic E-state index is 13.7. The third-order valence-corrected chi connectivity index (χ3v) is 9.51. The molecule has 1 aliphatic heterocycles. The molecule has 8 nitrogen and oxygen atoms in total.